The first-order chi connectivity index (χ1) is 13.9. The van der Waals surface area contributed by atoms with Gasteiger partial charge in [0.1, 0.15) is 5.82 Å². The number of nitrogens with zero attached hydrogens (tertiary/aromatic N) is 2. The van der Waals surface area contributed by atoms with Gasteiger partial charge >= 0.3 is 0 Å². The van der Waals surface area contributed by atoms with Crippen molar-refractivity contribution in [2.75, 3.05) is 18.4 Å². The Hall–Kier alpha value is -2.78. The lowest BCUT2D eigenvalue weighted by Gasteiger charge is -2.16. The van der Waals surface area contributed by atoms with E-state index in [2.05, 4.69) is 10.5 Å². The normalized spacial score (nSPS) is 19.6. The Morgan fingerprint density at radius 1 is 1.14 bits per heavy atom. The van der Waals surface area contributed by atoms with Gasteiger partial charge in [-0.3, -0.25) is 4.79 Å². The Balaban J connectivity index is 1.38. The molecule has 1 saturated heterocycles. The van der Waals surface area contributed by atoms with Crippen LogP contribution in [-0.4, -0.2) is 43.5 Å². The summed E-state index contributed by atoms with van der Waals surface area (Å²) in [5, 5.41) is 6.58. The average Bonchev–Trinajstić information content (AvgIpc) is 3.41. The first kappa shape index (κ1) is 19.5. The molecule has 1 N–H and O–H groups in total. The Kier molecular flexibility index (Phi) is 5.33. The summed E-state index contributed by atoms with van der Waals surface area (Å²) in [5.41, 5.74) is 1.52. The van der Waals surface area contributed by atoms with Gasteiger partial charge in [-0.25, -0.2) is 12.8 Å². The number of anilines is 1. The number of rotatable bonds is 5. The van der Waals surface area contributed by atoms with E-state index in [1.54, 1.807) is 24.3 Å². The van der Waals surface area contributed by atoms with E-state index in [1.807, 2.05) is 0 Å². The molecular formula is C20H20FN3O4S. The van der Waals surface area contributed by atoms with Crippen molar-refractivity contribution in [1.82, 2.24) is 4.31 Å². The van der Waals surface area contributed by atoms with E-state index >= 15 is 0 Å². The molecule has 0 radical (unpaired) electrons. The van der Waals surface area contributed by atoms with Gasteiger partial charge in [0.25, 0.3) is 5.91 Å². The molecule has 0 spiro atoms. The fraction of sp³-hybridized carbons (Fsp3) is 0.300. The molecule has 2 aliphatic heterocycles. The molecule has 0 unspecified atom stereocenters. The maximum absolute atomic E-state index is 13.4. The number of sulfonamides is 1. The molecule has 1 fully saturated rings. The molecule has 0 aliphatic carbocycles. The predicted octanol–water partition coefficient (Wildman–Crippen LogP) is 2.74. The smallest absolute Gasteiger partial charge is 0.268 e. The zero-order valence-corrected chi connectivity index (χ0v) is 16.4. The highest BCUT2D eigenvalue weighted by Crippen LogP contribution is 2.23. The number of halogens is 1. The minimum atomic E-state index is -3.49. The highest BCUT2D eigenvalue weighted by molar-refractivity contribution is 7.89. The van der Waals surface area contributed by atoms with Crippen LogP contribution in [0.4, 0.5) is 10.1 Å². The molecule has 29 heavy (non-hydrogen) atoms. The van der Waals surface area contributed by atoms with Crippen LogP contribution in [0.2, 0.25) is 0 Å². The summed E-state index contributed by atoms with van der Waals surface area (Å²) in [6.07, 6.45) is 1.13. The van der Waals surface area contributed by atoms with E-state index in [9.17, 15) is 17.6 Å². The van der Waals surface area contributed by atoms with Gasteiger partial charge in [-0.05, 0) is 49.2 Å². The number of benzene rings is 2. The fourth-order valence-electron chi connectivity index (χ4n) is 3.37. The van der Waals surface area contributed by atoms with Crippen molar-refractivity contribution in [3.8, 4) is 0 Å². The van der Waals surface area contributed by atoms with Crippen molar-refractivity contribution in [3.63, 3.8) is 0 Å². The third-order valence-corrected chi connectivity index (χ3v) is 6.86. The molecule has 0 aromatic heterocycles. The molecule has 7 nitrogen and oxygen atoms in total. The van der Waals surface area contributed by atoms with E-state index in [0.29, 0.717) is 30.1 Å². The molecule has 0 bridgehead atoms. The molecule has 2 aromatic rings. The molecular weight excluding hydrogens is 397 g/mol. The summed E-state index contributed by atoms with van der Waals surface area (Å²) >= 11 is 0. The van der Waals surface area contributed by atoms with Crippen molar-refractivity contribution >= 4 is 27.3 Å². The van der Waals surface area contributed by atoms with Crippen LogP contribution in [0.3, 0.4) is 0 Å². The van der Waals surface area contributed by atoms with Crippen LogP contribution in [0.5, 0.6) is 0 Å². The van der Waals surface area contributed by atoms with Crippen molar-refractivity contribution in [3.05, 3.63) is 59.9 Å². The van der Waals surface area contributed by atoms with Crippen molar-refractivity contribution in [2.24, 2.45) is 5.16 Å². The monoisotopic (exact) mass is 417 g/mol. The maximum atomic E-state index is 13.4. The zero-order chi connectivity index (χ0) is 20.4. The van der Waals surface area contributed by atoms with Gasteiger partial charge in [-0.15, -0.1) is 0 Å². The Bertz CT molecular complexity index is 1050. The average molecular weight is 417 g/mol. The van der Waals surface area contributed by atoms with E-state index in [-0.39, 0.29) is 17.1 Å². The molecule has 1 atom stereocenters. The van der Waals surface area contributed by atoms with Crippen LogP contribution in [0.15, 0.2) is 58.6 Å². The molecule has 4 rings (SSSR count). The number of hydrogen-bond donors (Lipinski definition) is 1. The van der Waals surface area contributed by atoms with Gasteiger partial charge in [-0.2, -0.15) is 4.31 Å². The molecule has 2 heterocycles. The number of oxime groups is 1. The minimum Gasteiger partial charge on any atom is -0.382 e. The summed E-state index contributed by atoms with van der Waals surface area (Å²) in [5.74, 6) is -0.794. The van der Waals surface area contributed by atoms with Gasteiger partial charge in [0.15, 0.2) is 0 Å². The summed E-state index contributed by atoms with van der Waals surface area (Å²) in [4.78, 5) is 17.8. The third-order valence-electron chi connectivity index (χ3n) is 4.94. The van der Waals surface area contributed by atoms with Crippen molar-refractivity contribution in [2.45, 2.75) is 30.3 Å². The Morgan fingerprint density at radius 3 is 2.55 bits per heavy atom. The van der Waals surface area contributed by atoms with Crippen LogP contribution < -0.4 is 5.32 Å². The summed E-state index contributed by atoms with van der Waals surface area (Å²) < 4.78 is 39.9. The van der Waals surface area contributed by atoms with Crippen LogP contribution in [-0.2, 0) is 19.7 Å². The second-order valence-corrected chi connectivity index (χ2v) is 8.91. The minimum absolute atomic E-state index is 0.200. The Labute approximate surface area is 168 Å². The highest BCUT2D eigenvalue weighted by atomic mass is 32.2. The van der Waals surface area contributed by atoms with Crippen LogP contribution in [0, 0.1) is 5.82 Å². The van der Waals surface area contributed by atoms with Crippen molar-refractivity contribution < 1.29 is 22.4 Å². The van der Waals surface area contributed by atoms with Crippen LogP contribution in [0.1, 0.15) is 24.8 Å². The van der Waals surface area contributed by atoms with Gasteiger partial charge in [0, 0.05) is 30.8 Å². The molecule has 1 amide bonds. The summed E-state index contributed by atoms with van der Waals surface area (Å²) in [6.45, 7) is 1.07. The summed E-state index contributed by atoms with van der Waals surface area (Å²) in [6, 6.07) is 12.0. The number of carbonyl (C=O) groups is 1. The standard InChI is InChI=1S/C20H20FN3O4S/c21-15-5-3-4-14(12-15)18-13-19(28-23-18)20(25)22-16-6-8-17(9-7-16)29(26,27)24-10-1-2-11-24/h3-9,12,19H,1-2,10-11,13H2,(H,22,25)/t19-/m1/s1. The molecule has 2 aromatic carbocycles. The van der Waals surface area contributed by atoms with E-state index in [4.69, 9.17) is 4.84 Å². The first-order valence-electron chi connectivity index (χ1n) is 9.33. The van der Waals surface area contributed by atoms with Crippen molar-refractivity contribution in [1.29, 1.82) is 0 Å². The quantitative estimate of drug-likeness (QED) is 0.810. The second kappa shape index (κ2) is 7.92. The predicted molar refractivity (Wildman–Crippen MR) is 105 cm³/mol. The Morgan fingerprint density at radius 2 is 1.86 bits per heavy atom. The second-order valence-electron chi connectivity index (χ2n) is 6.97. The lowest BCUT2D eigenvalue weighted by atomic mass is 10.0. The fourth-order valence-corrected chi connectivity index (χ4v) is 4.88. The van der Waals surface area contributed by atoms with E-state index in [1.165, 1.54) is 28.6 Å². The van der Waals surface area contributed by atoms with Gasteiger partial charge in [-0.1, -0.05) is 17.3 Å². The topological polar surface area (TPSA) is 88.1 Å². The number of hydrogen-bond acceptors (Lipinski definition) is 5. The van der Waals surface area contributed by atoms with E-state index in [0.717, 1.165) is 12.8 Å². The van der Waals surface area contributed by atoms with Gasteiger partial charge in [0.2, 0.25) is 16.1 Å². The molecule has 2 aliphatic rings. The maximum Gasteiger partial charge on any atom is 0.268 e. The van der Waals surface area contributed by atoms with Gasteiger partial charge < -0.3 is 10.2 Å². The largest absolute Gasteiger partial charge is 0.382 e. The summed E-state index contributed by atoms with van der Waals surface area (Å²) in [7, 11) is -3.49. The van der Waals surface area contributed by atoms with Gasteiger partial charge in [0.05, 0.1) is 10.6 Å². The molecule has 9 heteroatoms. The lowest BCUT2D eigenvalue weighted by molar-refractivity contribution is -0.125. The number of carbonyl (C=O) groups excluding carboxylic acids is 1. The highest BCUT2D eigenvalue weighted by Gasteiger charge is 2.30. The SMILES string of the molecule is O=C(Nc1ccc(S(=O)(=O)N2CCCC2)cc1)[C@H]1CC(c2cccc(F)c2)=NO1. The first-order valence-corrected chi connectivity index (χ1v) is 10.8. The molecule has 152 valence electrons. The molecule has 0 saturated carbocycles. The van der Waals surface area contributed by atoms with Crippen LogP contribution in [0.25, 0.3) is 0 Å². The van der Waals surface area contributed by atoms with E-state index < -0.39 is 22.0 Å². The number of nitrogens with one attached hydrogen (secondary N) is 1. The zero-order valence-electron chi connectivity index (χ0n) is 15.5. The lowest BCUT2D eigenvalue weighted by Crippen LogP contribution is -2.28. The van der Waals surface area contributed by atoms with Crippen LogP contribution >= 0.6 is 0 Å². The number of amides is 1. The third kappa shape index (κ3) is 4.15.